The van der Waals surface area contributed by atoms with Gasteiger partial charge in [-0.05, 0) is 38.8 Å². The highest BCUT2D eigenvalue weighted by molar-refractivity contribution is 7.17. The number of aromatic carboxylic acids is 1. The number of anilines is 3. The van der Waals surface area contributed by atoms with E-state index in [4.69, 9.17) is 4.74 Å². The van der Waals surface area contributed by atoms with Gasteiger partial charge in [-0.25, -0.2) is 19.6 Å². The molecular weight excluding hydrogens is 458 g/mol. The number of carboxylic acid groups (broad SMARTS) is 1. The number of ether oxygens (including phenoxy) is 1. The van der Waals surface area contributed by atoms with E-state index in [-0.39, 0.29) is 18.1 Å². The number of aliphatic hydroxyl groups is 1. The average molecular weight is 484 g/mol. The van der Waals surface area contributed by atoms with Crippen molar-refractivity contribution in [1.29, 1.82) is 0 Å². The molecule has 1 aliphatic heterocycles. The van der Waals surface area contributed by atoms with Gasteiger partial charge < -0.3 is 19.8 Å². The second kappa shape index (κ2) is 10.1. The molecule has 178 valence electrons. The molecule has 1 fully saturated rings. The normalized spacial score (nSPS) is 15.7. The highest BCUT2D eigenvalue weighted by Gasteiger charge is 2.22. The molecule has 1 atom stereocenters. The van der Waals surface area contributed by atoms with Crippen molar-refractivity contribution in [2.75, 3.05) is 29.9 Å². The molecule has 0 saturated carbocycles. The SMILES string of the molecule is CCOC(=O)c1sc(Nc2nc(-c3ccc(C(=O)O)cc3)cc(N3CCCC(O)C3)n2)nc1C. The minimum atomic E-state index is -1.00. The van der Waals surface area contributed by atoms with Gasteiger partial charge in [0.2, 0.25) is 5.95 Å². The molecule has 1 unspecified atom stereocenters. The predicted octanol–water partition coefficient (Wildman–Crippen LogP) is 3.49. The molecule has 0 amide bonds. The Bertz CT molecular complexity index is 1200. The maximum Gasteiger partial charge on any atom is 0.350 e. The summed E-state index contributed by atoms with van der Waals surface area (Å²) in [4.78, 5) is 39.4. The summed E-state index contributed by atoms with van der Waals surface area (Å²) >= 11 is 1.16. The fourth-order valence-electron chi connectivity index (χ4n) is 3.68. The number of rotatable bonds is 7. The summed E-state index contributed by atoms with van der Waals surface area (Å²) in [5.74, 6) is -0.524. The summed E-state index contributed by atoms with van der Waals surface area (Å²) in [5, 5.41) is 22.9. The molecule has 34 heavy (non-hydrogen) atoms. The van der Waals surface area contributed by atoms with Crippen LogP contribution in [0.2, 0.25) is 0 Å². The molecule has 4 rings (SSSR count). The van der Waals surface area contributed by atoms with Gasteiger partial charge in [-0.3, -0.25) is 5.32 Å². The van der Waals surface area contributed by atoms with Crippen LogP contribution in [-0.2, 0) is 4.74 Å². The molecule has 0 spiro atoms. The van der Waals surface area contributed by atoms with Crippen LogP contribution in [0, 0.1) is 6.92 Å². The summed E-state index contributed by atoms with van der Waals surface area (Å²) in [5.41, 5.74) is 2.03. The minimum Gasteiger partial charge on any atom is -0.478 e. The Morgan fingerprint density at radius 1 is 1.24 bits per heavy atom. The lowest BCUT2D eigenvalue weighted by Crippen LogP contribution is -2.38. The van der Waals surface area contributed by atoms with Gasteiger partial charge in [0, 0.05) is 24.7 Å². The first-order chi connectivity index (χ1) is 16.3. The number of aliphatic hydroxyl groups excluding tert-OH is 1. The van der Waals surface area contributed by atoms with Crippen LogP contribution in [0.1, 0.15) is 45.5 Å². The fraction of sp³-hybridized carbons (Fsp3) is 0.348. The number of benzene rings is 1. The van der Waals surface area contributed by atoms with Gasteiger partial charge in [0.15, 0.2) is 5.13 Å². The van der Waals surface area contributed by atoms with Crippen LogP contribution in [0.4, 0.5) is 16.9 Å². The van der Waals surface area contributed by atoms with E-state index in [2.05, 4.69) is 20.3 Å². The smallest absolute Gasteiger partial charge is 0.350 e. The van der Waals surface area contributed by atoms with Crippen LogP contribution < -0.4 is 10.2 Å². The molecule has 1 aliphatic rings. The fourth-order valence-corrected chi connectivity index (χ4v) is 4.53. The Balaban J connectivity index is 1.69. The number of thiazole rings is 1. The third kappa shape index (κ3) is 5.32. The van der Waals surface area contributed by atoms with Crippen molar-refractivity contribution >= 4 is 40.2 Å². The molecule has 3 N–H and O–H groups in total. The Labute approximate surface area is 200 Å². The number of nitrogens with zero attached hydrogens (tertiary/aromatic N) is 4. The maximum absolute atomic E-state index is 12.2. The average Bonchev–Trinajstić information content (AvgIpc) is 3.19. The molecule has 10 nitrogen and oxygen atoms in total. The van der Waals surface area contributed by atoms with Crippen molar-refractivity contribution < 1.29 is 24.5 Å². The van der Waals surface area contributed by atoms with E-state index in [0.29, 0.717) is 33.8 Å². The lowest BCUT2D eigenvalue weighted by molar-refractivity contribution is 0.0530. The van der Waals surface area contributed by atoms with E-state index in [1.165, 1.54) is 12.1 Å². The number of hydrogen-bond donors (Lipinski definition) is 3. The van der Waals surface area contributed by atoms with Gasteiger partial charge in [0.05, 0.1) is 29.7 Å². The predicted molar refractivity (Wildman–Crippen MR) is 128 cm³/mol. The van der Waals surface area contributed by atoms with Gasteiger partial charge in [-0.1, -0.05) is 23.5 Å². The molecule has 1 saturated heterocycles. The Morgan fingerprint density at radius 3 is 2.68 bits per heavy atom. The number of esters is 1. The topological polar surface area (TPSA) is 138 Å². The summed E-state index contributed by atoms with van der Waals surface area (Å²) in [6.07, 6.45) is 1.14. The molecule has 0 aliphatic carbocycles. The summed E-state index contributed by atoms with van der Waals surface area (Å²) in [7, 11) is 0. The zero-order valence-corrected chi connectivity index (χ0v) is 19.6. The van der Waals surface area contributed by atoms with Crippen molar-refractivity contribution in [3.05, 3.63) is 46.5 Å². The molecule has 3 heterocycles. The van der Waals surface area contributed by atoms with Crippen molar-refractivity contribution in [2.45, 2.75) is 32.8 Å². The highest BCUT2D eigenvalue weighted by atomic mass is 32.1. The number of hydrogen-bond acceptors (Lipinski definition) is 10. The van der Waals surface area contributed by atoms with Crippen LogP contribution in [0.15, 0.2) is 30.3 Å². The number of nitrogens with one attached hydrogen (secondary N) is 1. The molecule has 3 aromatic rings. The van der Waals surface area contributed by atoms with E-state index in [0.717, 1.165) is 36.3 Å². The van der Waals surface area contributed by atoms with Gasteiger partial charge in [0.1, 0.15) is 10.7 Å². The standard InChI is InChI=1S/C23H25N5O5S/c1-3-33-21(32)19-13(2)24-23(34-19)27-22-25-17(14-6-8-15(9-7-14)20(30)31)11-18(26-22)28-10-4-5-16(29)12-28/h6-9,11,16,29H,3-5,10,12H2,1-2H3,(H,30,31)(H,24,25,26,27). The Morgan fingerprint density at radius 2 is 2.00 bits per heavy atom. The Kier molecular flexibility index (Phi) is 7.03. The van der Waals surface area contributed by atoms with E-state index in [1.54, 1.807) is 26.0 Å². The number of aromatic nitrogens is 3. The second-order valence-corrected chi connectivity index (χ2v) is 8.84. The van der Waals surface area contributed by atoms with Crippen molar-refractivity contribution in [3.8, 4) is 11.3 Å². The third-order valence-corrected chi connectivity index (χ3v) is 6.39. The van der Waals surface area contributed by atoms with Crippen LogP contribution in [-0.4, -0.2) is 62.9 Å². The van der Waals surface area contributed by atoms with Crippen molar-refractivity contribution in [3.63, 3.8) is 0 Å². The van der Waals surface area contributed by atoms with Crippen LogP contribution in [0.25, 0.3) is 11.3 Å². The van der Waals surface area contributed by atoms with Crippen LogP contribution >= 0.6 is 11.3 Å². The van der Waals surface area contributed by atoms with E-state index >= 15 is 0 Å². The zero-order chi connectivity index (χ0) is 24.2. The first-order valence-electron chi connectivity index (χ1n) is 10.9. The highest BCUT2D eigenvalue weighted by Crippen LogP contribution is 2.29. The van der Waals surface area contributed by atoms with Crippen molar-refractivity contribution in [2.24, 2.45) is 0 Å². The summed E-state index contributed by atoms with van der Waals surface area (Å²) in [6.45, 7) is 4.95. The van der Waals surface area contributed by atoms with Gasteiger partial charge >= 0.3 is 11.9 Å². The minimum absolute atomic E-state index is 0.181. The largest absolute Gasteiger partial charge is 0.478 e. The molecular formula is C23H25N5O5S. The van der Waals surface area contributed by atoms with Crippen LogP contribution in [0.3, 0.4) is 0 Å². The quantitative estimate of drug-likeness (QED) is 0.428. The van der Waals surface area contributed by atoms with Gasteiger partial charge in [0.25, 0.3) is 0 Å². The number of aryl methyl sites for hydroxylation is 1. The maximum atomic E-state index is 12.2. The Hall–Kier alpha value is -3.57. The first kappa shape index (κ1) is 23.6. The zero-order valence-electron chi connectivity index (χ0n) is 18.8. The van der Waals surface area contributed by atoms with E-state index in [9.17, 15) is 19.8 Å². The van der Waals surface area contributed by atoms with Gasteiger partial charge in [-0.2, -0.15) is 4.98 Å². The molecule has 1 aromatic carbocycles. The van der Waals surface area contributed by atoms with Crippen LogP contribution in [0.5, 0.6) is 0 Å². The number of β-amino-alcohol motifs (C(OH)–C–C–N with tert-alkyl or cyclic N) is 1. The summed E-state index contributed by atoms with van der Waals surface area (Å²) < 4.78 is 5.08. The van der Waals surface area contributed by atoms with E-state index < -0.39 is 18.0 Å². The van der Waals surface area contributed by atoms with E-state index in [1.807, 2.05) is 11.0 Å². The molecule has 2 aromatic heterocycles. The number of piperidine rings is 1. The molecule has 0 bridgehead atoms. The summed E-state index contributed by atoms with van der Waals surface area (Å²) in [6, 6.07) is 8.24. The lowest BCUT2D eigenvalue weighted by Gasteiger charge is -2.31. The monoisotopic (exact) mass is 483 g/mol. The first-order valence-corrected chi connectivity index (χ1v) is 11.7. The molecule has 0 radical (unpaired) electrons. The second-order valence-electron chi connectivity index (χ2n) is 7.84. The lowest BCUT2D eigenvalue weighted by atomic mass is 10.1. The van der Waals surface area contributed by atoms with Gasteiger partial charge in [-0.15, -0.1) is 0 Å². The number of carbonyl (C=O) groups is 2. The third-order valence-electron chi connectivity index (χ3n) is 5.34. The number of carbonyl (C=O) groups excluding carboxylic acids is 1. The van der Waals surface area contributed by atoms with Crippen molar-refractivity contribution in [1.82, 2.24) is 15.0 Å². The molecule has 11 heteroatoms. The number of carboxylic acids is 1.